The van der Waals surface area contributed by atoms with Crippen LogP contribution in [0.25, 0.3) is 0 Å². The Kier molecular flexibility index (Phi) is 12.7. The number of rotatable bonds is 6. The maximum atomic E-state index is 12.9. The third kappa shape index (κ3) is 9.98. The fraction of sp³-hybridized carbons (Fsp3) is 0.379. The van der Waals surface area contributed by atoms with Crippen molar-refractivity contribution in [2.45, 2.75) is 52.9 Å². The van der Waals surface area contributed by atoms with Gasteiger partial charge >= 0.3 is 0 Å². The van der Waals surface area contributed by atoms with Crippen LogP contribution in [0.1, 0.15) is 63.1 Å². The predicted octanol–water partition coefficient (Wildman–Crippen LogP) is 8.03. The fourth-order valence-electron chi connectivity index (χ4n) is 3.07. The third-order valence-electron chi connectivity index (χ3n) is 5.10. The Hall–Kier alpha value is -3.01. The summed E-state index contributed by atoms with van der Waals surface area (Å²) >= 11 is 0. The first-order valence-corrected chi connectivity index (χ1v) is 11.4. The first-order valence-electron chi connectivity index (χ1n) is 11.4. The quantitative estimate of drug-likeness (QED) is 0.377. The highest BCUT2D eigenvalue weighted by Crippen LogP contribution is 2.25. The van der Waals surface area contributed by atoms with Crippen molar-refractivity contribution in [1.82, 2.24) is 0 Å². The third-order valence-corrected chi connectivity index (χ3v) is 5.10. The molecule has 0 aliphatic heterocycles. The van der Waals surface area contributed by atoms with E-state index in [0.717, 1.165) is 23.5 Å². The van der Waals surface area contributed by atoms with Crippen LogP contribution in [0.3, 0.4) is 0 Å². The van der Waals surface area contributed by atoms with Crippen LogP contribution in [0, 0.1) is 5.82 Å². The lowest BCUT2D eigenvalue weighted by molar-refractivity contribution is 0.407. The molecule has 0 aliphatic carbocycles. The second-order valence-corrected chi connectivity index (χ2v) is 8.18. The van der Waals surface area contributed by atoms with Crippen molar-refractivity contribution < 1.29 is 18.6 Å². The number of halogens is 1. The minimum Gasteiger partial charge on any atom is -0.497 e. The Morgan fingerprint density at radius 2 is 1.36 bits per heavy atom. The molecule has 0 spiro atoms. The van der Waals surface area contributed by atoms with E-state index < -0.39 is 0 Å². The monoisotopic (exact) mass is 454 g/mol. The van der Waals surface area contributed by atoms with Crippen LogP contribution in [0.2, 0.25) is 0 Å². The van der Waals surface area contributed by atoms with Crippen molar-refractivity contribution in [3.8, 4) is 17.2 Å². The molecule has 3 nitrogen and oxygen atoms in total. The average Bonchev–Trinajstić information content (AvgIpc) is 2.84. The normalized spacial score (nSPS) is 10.0. The van der Waals surface area contributed by atoms with Gasteiger partial charge in [-0.1, -0.05) is 65.0 Å². The molecule has 0 aromatic heterocycles. The molecule has 0 saturated heterocycles. The molecular weight excluding hydrogens is 415 g/mol. The first kappa shape index (κ1) is 28.0. The summed E-state index contributed by atoms with van der Waals surface area (Å²) in [6.07, 6.45) is 1.07. The van der Waals surface area contributed by atoms with Crippen molar-refractivity contribution >= 4 is 0 Å². The average molecular weight is 455 g/mol. The van der Waals surface area contributed by atoms with E-state index >= 15 is 0 Å². The molecule has 0 bridgehead atoms. The van der Waals surface area contributed by atoms with Crippen LogP contribution >= 0.6 is 0 Å². The summed E-state index contributed by atoms with van der Waals surface area (Å²) in [5.74, 6) is 3.14. The molecule has 3 rings (SSSR count). The molecule has 0 unspecified atom stereocenters. The van der Waals surface area contributed by atoms with Crippen LogP contribution in [0.4, 0.5) is 4.39 Å². The van der Waals surface area contributed by atoms with Gasteiger partial charge in [-0.05, 0) is 65.3 Å². The summed E-state index contributed by atoms with van der Waals surface area (Å²) in [6.45, 7) is 10.5. The predicted molar refractivity (Wildman–Crippen MR) is 136 cm³/mol. The van der Waals surface area contributed by atoms with Gasteiger partial charge in [-0.15, -0.1) is 0 Å². The summed E-state index contributed by atoms with van der Waals surface area (Å²) < 4.78 is 28.1. The standard InChI is InChI=1S/C10H13FO.C10H14O.C9H12O/c1-7(2)8-4-9(11)6-10(5-8)12-3;1-8(2)9-6-4-5-7-10(9)11-3;1-3-8-5-4-6-9(7-8)10-2/h4-7H,1-3H3;4-8H,1-3H3;4-7H,3H2,1-2H3. The van der Waals surface area contributed by atoms with E-state index in [0.29, 0.717) is 17.6 Å². The number of benzene rings is 3. The smallest absolute Gasteiger partial charge is 0.127 e. The number of methoxy groups -OCH3 is 3. The zero-order valence-electron chi connectivity index (χ0n) is 21.3. The van der Waals surface area contributed by atoms with Gasteiger partial charge in [-0.3, -0.25) is 0 Å². The van der Waals surface area contributed by atoms with E-state index in [1.807, 2.05) is 50.2 Å². The second-order valence-electron chi connectivity index (χ2n) is 8.18. The lowest BCUT2D eigenvalue weighted by atomic mass is 10.0. The Bertz CT molecular complexity index is 932. The van der Waals surface area contributed by atoms with E-state index in [1.165, 1.54) is 23.3 Å². The molecule has 0 aliphatic rings. The lowest BCUT2D eigenvalue weighted by Gasteiger charge is -2.10. The van der Waals surface area contributed by atoms with Crippen LogP contribution in [0.5, 0.6) is 17.2 Å². The zero-order valence-corrected chi connectivity index (χ0v) is 21.3. The molecular formula is C29H39FO3. The van der Waals surface area contributed by atoms with Crippen LogP contribution in [0.15, 0.2) is 66.7 Å². The molecule has 0 heterocycles. The highest BCUT2D eigenvalue weighted by molar-refractivity contribution is 5.35. The van der Waals surface area contributed by atoms with E-state index in [9.17, 15) is 4.39 Å². The van der Waals surface area contributed by atoms with Gasteiger partial charge in [0.2, 0.25) is 0 Å². The second kappa shape index (κ2) is 14.9. The summed E-state index contributed by atoms with van der Waals surface area (Å²) in [6, 6.07) is 21.0. The molecule has 180 valence electrons. The van der Waals surface area contributed by atoms with Gasteiger partial charge in [-0.2, -0.15) is 0 Å². The van der Waals surface area contributed by atoms with Crippen molar-refractivity contribution in [1.29, 1.82) is 0 Å². The van der Waals surface area contributed by atoms with Crippen LogP contribution in [-0.2, 0) is 6.42 Å². The lowest BCUT2D eigenvalue weighted by Crippen LogP contribution is -1.92. The highest BCUT2D eigenvalue weighted by atomic mass is 19.1. The molecule has 33 heavy (non-hydrogen) atoms. The summed E-state index contributed by atoms with van der Waals surface area (Å²) in [4.78, 5) is 0. The van der Waals surface area contributed by atoms with Crippen molar-refractivity contribution in [3.63, 3.8) is 0 Å². The summed E-state index contributed by atoms with van der Waals surface area (Å²) in [5.41, 5.74) is 3.56. The molecule has 3 aromatic carbocycles. The minimum atomic E-state index is -0.238. The SMILES string of the molecule is CCc1cccc(OC)c1.COc1cc(F)cc(C(C)C)c1.COc1ccccc1C(C)C. The molecule has 0 saturated carbocycles. The topological polar surface area (TPSA) is 27.7 Å². The molecule has 0 fully saturated rings. The first-order chi connectivity index (χ1) is 15.7. The number of aryl methyl sites for hydroxylation is 1. The summed E-state index contributed by atoms with van der Waals surface area (Å²) in [7, 11) is 4.94. The van der Waals surface area contributed by atoms with Gasteiger partial charge in [0.15, 0.2) is 0 Å². The van der Waals surface area contributed by atoms with Crippen LogP contribution < -0.4 is 14.2 Å². The van der Waals surface area contributed by atoms with Crippen molar-refractivity contribution in [2.75, 3.05) is 21.3 Å². The van der Waals surface area contributed by atoms with E-state index in [4.69, 9.17) is 14.2 Å². The maximum Gasteiger partial charge on any atom is 0.127 e. The van der Waals surface area contributed by atoms with Gasteiger partial charge in [0, 0.05) is 6.07 Å². The number of hydrogen-bond donors (Lipinski definition) is 0. The molecule has 3 aromatic rings. The molecule has 0 radical (unpaired) electrons. The molecule has 0 N–H and O–H groups in total. The molecule has 0 amide bonds. The Labute approximate surface area is 199 Å². The van der Waals surface area contributed by atoms with Crippen molar-refractivity contribution in [2.24, 2.45) is 0 Å². The molecule has 4 heteroatoms. The number of para-hydroxylation sites is 1. The highest BCUT2D eigenvalue weighted by Gasteiger charge is 2.04. The van der Waals surface area contributed by atoms with Gasteiger partial charge in [-0.25, -0.2) is 4.39 Å². The van der Waals surface area contributed by atoms with Crippen LogP contribution in [-0.4, -0.2) is 21.3 Å². The largest absolute Gasteiger partial charge is 0.497 e. The van der Waals surface area contributed by atoms with E-state index in [1.54, 1.807) is 21.3 Å². The number of hydrogen-bond acceptors (Lipinski definition) is 3. The van der Waals surface area contributed by atoms with E-state index in [2.05, 4.69) is 39.0 Å². The number of ether oxygens (including phenoxy) is 3. The Morgan fingerprint density at radius 3 is 1.88 bits per heavy atom. The van der Waals surface area contributed by atoms with Gasteiger partial charge in [0.25, 0.3) is 0 Å². The summed E-state index contributed by atoms with van der Waals surface area (Å²) in [5, 5.41) is 0. The van der Waals surface area contributed by atoms with E-state index in [-0.39, 0.29) is 5.82 Å². The van der Waals surface area contributed by atoms with Gasteiger partial charge < -0.3 is 14.2 Å². The molecule has 0 atom stereocenters. The maximum absolute atomic E-state index is 12.9. The Balaban J connectivity index is 0.000000249. The van der Waals surface area contributed by atoms with Gasteiger partial charge in [0.05, 0.1) is 21.3 Å². The van der Waals surface area contributed by atoms with Crippen molar-refractivity contribution in [3.05, 3.63) is 89.2 Å². The zero-order chi connectivity index (χ0) is 24.8. The minimum absolute atomic E-state index is 0.238. The van der Waals surface area contributed by atoms with Gasteiger partial charge in [0.1, 0.15) is 23.1 Å². The fourth-order valence-corrected chi connectivity index (χ4v) is 3.07. The Morgan fingerprint density at radius 1 is 0.697 bits per heavy atom.